The van der Waals surface area contributed by atoms with E-state index >= 15 is 0 Å². The van der Waals surface area contributed by atoms with Crippen LogP contribution in [-0.2, 0) is 0 Å². The molecule has 0 amide bonds. The van der Waals surface area contributed by atoms with E-state index in [1.165, 1.54) is 0 Å². The first-order valence-electron chi connectivity index (χ1n) is 6.10. The van der Waals surface area contributed by atoms with E-state index in [9.17, 15) is 0 Å². The zero-order chi connectivity index (χ0) is 12.1. The maximum atomic E-state index is 7.91. The minimum atomic E-state index is 0.444. The van der Waals surface area contributed by atoms with Crippen molar-refractivity contribution in [2.75, 3.05) is 6.61 Å². The Morgan fingerprint density at radius 3 is 2.56 bits per heavy atom. The highest BCUT2D eigenvalue weighted by Gasteiger charge is 2.03. The molecule has 0 saturated heterocycles. The number of benzene rings is 2. The third-order valence-electron chi connectivity index (χ3n) is 2.35. The lowest BCUT2D eigenvalue weighted by molar-refractivity contribution is 0.318. The van der Waals surface area contributed by atoms with Gasteiger partial charge in [-0.05, 0) is 18.0 Å². The molecule has 2 rings (SSSR count). The molecule has 2 aromatic carbocycles. The molecule has 0 aliphatic heterocycles. The molecule has 0 atom stereocenters. The summed E-state index contributed by atoms with van der Waals surface area (Å²) in [5, 5.41) is 0. The van der Waals surface area contributed by atoms with Gasteiger partial charge in [-0.25, -0.2) is 0 Å². The predicted octanol–water partition coefficient (Wildman–Crippen LogP) is 4.14. The molecule has 16 heavy (non-hydrogen) atoms. The average Bonchev–Trinajstić information content (AvgIpc) is 2.38. The highest BCUT2D eigenvalue weighted by molar-refractivity contribution is 5.70. The average molecular weight is 213 g/mol. The highest BCUT2D eigenvalue weighted by atomic mass is 16.5. The summed E-state index contributed by atoms with van der Waals surface area (Å²) in [5.74, 6) is 0.681. The first kappa shape index (κ1) is 9.46. The van der Waals surface area contributed by atoms with Crippen molar-refractivity contribution < 1.29 is 6.11 Å². The van der Waals surface area contributed by atoms with Crippen molar-refractivity contribution in [3.63, 3.8) is 0 Å². The topological polar surface area (TPSA) is 9.23 Å². The van der Waals surface area contributed by atoms with Crippen molar-refractivity contribution in [3.05, 3.63) is 54.6 Å². The van der Waals surface area contributed by atoms with Crippen molar-refractivity contribution in [3.8, 4) is 16.9 Å². The Hall–Kier alpha value is -1.76. The third-order valence-corrected chi connectivity index (χ3v) is 2.35. The van der Waals surface area contributed by atoms with Gasteiger partial charge in [-0.15, -0.1) is 0 Å². The fourth-order valence-electron chi connectivity index (χ4n) is 1.59. The van der Waals surface area contributed by atoms with Crippen LogP contribution in [0.2, 0.25) is 0 Å². The SMILES string of the molecule is [2H]c1cccc(-c2ccccc2)c1OCCC. The smallest absolute Gasteiger partial charge is 0.127 e. The molecule has 0 spiro atoms. The molecule has 82 valence electrons. The van der Waals surface area contributed by atoms with E-state index in [-0.39, 0.29) is 0 Å². The van der Waals surface area contributed by atoms with Gasteiger partial charge in [0.25, 0.3) is 0 Å². The second-order valence-corrected chi connectivity index (χ2v) is 3.63. The van der Waals surface area contributed by atoms with Crippen LogP contribution < -0.4 is 4.74 Å². The van der Waals surface area contributed by atoms with Crippen LogP contribution in [0.5, 0.6) is 5.75 Å². The predicted molar refractivity (Wildman–Crippen MR) is 67.7 cm³/mol. The Kier molecular flexibility index (Phi) is 3.17. The van der Waals surface area contributed by atoms with Gasteiger partial charge in [0.2, 0.25) is 0 Å². The fraction of sp³-hybridized carbons (Fsp3) is 0.200. The fourth-order valence-corrected chi connectivity index (χ4v) is 1.59. The number of para-hydroxylation sites is 1. The van der Waals surface area contributed by atoms with Gasteiger partial charge in [-0.2, -0.15) is 0 Å². The van der Waals surface area contributed by atoms with Gasteiger partial charge in [0, 0.05) is 5.56 Å². The molecule has 0 bridgehead atoms. The molecule has 2 aromatic rings. The first-order chi connectivity index (χ1) is 8.33. The molecule has 0 aliphatic carbocycles. The highest BCUT2D eigenvalue weighted by Crippen LogP contribution is 2.29. The monoisotopic (exact) mass is 213 g/mol. The van der Waals surface area contributed by atoms with Gasteiger partial charge < -0.3 is 4.74 Å². The van der Waals surface area contributed by atoms with Gasteiger partial charge >= 0.3 is 0 Å². The van der Waals surface area contributed by atoms with Crippen LogP contribution in [0.15, 0.2) is 54.6 Å². The summed E-state index contributed by atoms with van der Waals surface area (Å²) >= 11 is 0. The van der Waals surface area contributed by atoms with E-state index in [4.69, 9.17) is 6.11 Å². The Morgan fingerprint density at radius 1 is 1.06 bits per heavy atom. The zero-order valence-electron chi connectivity index (χ0n) is 10.4. The summed E-state index contributed by atoms with van der Waals surface area (Å²) in [6.07, 6.45) is 0.947. The van der Waals surface area contributed by atoms with Crippen molar-refractivity contribution in [1.82, 2.24) is 0 Å². The first-order valence-corrected chi connectivity index (χ1v) is 5.60. The van der Waals surface area contributed by atoms with Crippen LogP contribution in [0, 0.1) is 0 Å². The van der Waals surface area contributed by atoms with E-state index in [0.29, 0.717) is 18.4 Å². The molecule has 0 fully saturated rings. The van der Waals surface area contributed by atoms with E-state index in [2.05, 4.69) is 6.92 Å². The lowest BCUT2D eigenvalue weighted by Crippen LogP contribution is -1.96. The van der Waals surface area contributed by atoms with Gasteiger partial charge in [-0.3, -0.25) is 0 Å². The summed E-state index contributed by atoms with van der Waals surface area (Å²) < 4.78 is 13.6. The second kappa shape index (κ2) is 5.36. The van der Waals surface area contributed by atoms with Crippen LogP contribution in [0.25, 0.3) is 11.1 Å². The molecule has 0 unspecified atom stereocenters. The van der Waals surface area contributed by atoms with E-state index < -0.39 is 0 Å². The number of hydrogen-bond donors (Lipinski definition) is 0. The molecule has 1 heteroatoms. The molecule has 0 heterocycles. The zero-order valence-corrected chi connectivity index (χ0v) is 9.44. The van der Waals surface area contributed by atoms with Crippen LogP contribution in [0.3, 0.4) is 0 Å². The Balaban J connectivity index is 2.43. The summed E-state index contributed by atoms with van der Waals surface area (Å²) in [4.78, 5) is 0. The molecule has 1 nitrogen and oxygen atoms in total. The van der Waals surface area contributed by atoms with Gasteiger partial charge in [0.15, 0.2) is 0 Å². The molecule has 0 radical (unpaired) electrons. The van der Waals surface area contributed by atoms with Crippen molar-refractivity contribution in [2.45, 2.75) is 13.3 Å². The lowest BCUT2D eigenvalue weighted by Gasteiger charge is -2.10. The van der Waals surface area contributed by atoms with E-state index in [0.717, 1.165) is 17.5 Å². The van der Waals surface area contributed by atoms with Crippen LogP contribution in [0.4, 0.5) is 0 Å². The quantitative estimate of drug-likeness (QED) is 0.741. The Morgan fingerprint density at radius 2 is 1.81 bits per heavy atom. The van der Waals surface area contributed by atoms with Crippen LogP contribution >= 0.6 is 0 Å². The third kappa shape index (κ3) is 2.43. The number of ether oxygens (including phenoxy) is 1. The second-order valence-electron chi connectivity index (χ2n) is 3.63. The summed E-state index contributed by atoms with van der Waals surface area (Å²) in [7, 11) is 0. The van der Waals surface area contributed by atoms with Crippen molar-refractivity contribution in [1.29, 1.82) is 0 Å². The minimum Gasteiger partial charge on any atom is -0.493 e. The summed E-state index contributed by atoms with van der Waals surface area (Å²) in [5.41, 5.74) is 2.08. The summed E-state index contributed by atoms with van der Waals surface area (Å²) in [6, 6.07) is 16.1. The van der Waals surface area contributed by atoms with Gasteiger partial charge in [-0.1, -0.05) is 55.5 Å². The Labute approximate surface area is 98.1 Å². The number of hydrogen-bond acceptors (Lipinski definition) is 1. The van der Waals surface area contributed by atoms with Crippen LogP contribution in [0.1, 0.15) is 14.7 Å². The molecule has 0 aromatic heterocycles. The van der Waals surface area contributed by atoms with Gasteiger partial charge in [0.1, 0.15) is 5.75 Å². The molecule has 0 aliphatic rings. The molecule has 0 saturated carbocycles. The Bertz CT molecular complexity index is 480. The maximum absolute atomic E-state index is 7.91. The van der Waals surface area contributed by atoms with E-state index in [1.807, 2.05) is 42.5 Å². The lowest BCUT2D eigenvalue weighted by atomic mass is 10.1. The number of rotatable bonds is 4. The van der Waals surface area contributed by atoms with Crippen LogP contribution in [-0.4, -0.2) is 6.61 Å². The normalized spacial score (nSPS) is 10.9. The van der Waals surface area contributed by atoms with Crippen molar-refractivity contribution >= 4 is 0 Å². The van der Waals surface area contributed by atoms with Gasteiger partial charge in [0.05, 0.1) is 7.98 Å². The van der Waals surface area contributed by atoms with Crippen molar-refractivity contribution in [2.24, 2.45) is 0 Å². The largest absolute Gasteiger partial charge is 0.493 e. The minimum absolute atomic E-state index is 0.444. The van der Waals surface area contributed by atoms with E-state index in [1.54, 1.807) is 6.07 Å². The molecule has 0 N–H and O–H groups in total. The summed E-state index contributed by atoms with van der Waals surface area (Å²) in [6.45, 7) is 2.71. The molecular formula is C15H16O. The standard InChI is InChI=1S/C15H16O/c1-2-12-16-15-11-7-6-10-14(15)13-8-4-3-5-9-13/h3-11H,2,12H2,1H3/i11D. The molecular weight excluding hydrogens is 196 g/mol. The maximum Gasteiger partial charge on any atom is 0.127 e.